The molecule has 100 valence electrons. The van der Waals surface area contributed by atoms with Gasteiger partial charge >= 0.3 is 6.03 Å². The molecule has 2 N–H and O–H groups in total. The van der Waals surface area contributed by atoms with Crippen LogP contribution in [0.1, 0.15) is 18.7 Å². The minimum absolute atomic E-state index is 0.126. The second-order valence-electron chi connectivity index (χ2n) is 4.82. The summed E-state index contributed by atoms with van der Waals surface area (Å²) in [5.74, 6) is 0.309. The molecule has 3 rings (SSSR count). The summed E-state index contributed by atoms with van der Waals surface area (Å²) in [5, 5.41) is 6.02. The smallest absolute Gasteiger partial charge is 0.323 e. The molecule has 0 atom stereocenters. The average molecular weight is 261 g/mol. The first kappa shape index (κ1) is 12.0. The lowest BCUT2D eigenvalue weighted by molar-refractivity contribution is -0.132. The van der Waals surface area contributed by atoms with Crippen molar-refractivity contribution in [2.24, 2.45) is 0 Å². The molecule has 1 aromatic rings. The quantitative estimate of drug-likeness (QED) is 0.711. The first-order valence-corrected chi connectivity index (χ1v) is 6.32. The van der Waals surface area contributed by atoms with Crippen molar-refractivity contribution in [2.75, 3.05) is 13.1 Å². The molecule has 0 unspecified atom stereocenters. The van der Waals surface area contributed by atoms with Crippen molar-refractivity contribution in [3.63, 3.8) is 0 Å². The van der Waals surface area contributed by atoms with E-state index < -0.39 is 5.54 Å². The predicted molar refractivity (Wildman–Crippen MR) is 65.9 cm³/mol. The summed E-state index contributed by atoms with van der Waals surface area (Å²) >= 11 is 0. The van der Waals surface area contributed by atoms with Crippen molar-refractivity contribution in [2.45, 2.75) is 24.9 Å². The molecule has 0 radical (unpaired) electrons. The van der Waals surface area contributed by atoms with Crippen LogP contribution in [-0.2, 0) is 11.3 Å². The molecule has 0 aliphatic carbocycles. The van der Waals surface area contributed by atoms with E-state index in [0.717, 1.165) is 13.1 Å². The van der Waals surface area contributed by atoms with Gasteiger partial charge in [0.05, 0.1) is 6.54 Å². The van der Waals surface area contributed by atoms with Crippen molar-refractivity contribution < 1.29 is 9.59 Å². The number of rotatable bonds is 2. The van der Waals surface area contributed by atoms with Gasteiger partial charge in [0.15, 0.2) is 0 Å². The Morgan fingerprint density at radius 2 is 1.89 bits per heavy atom. The van der Waals surface area contributed by atoms with Crippen molar-refractivity contribution in [1.29, 1.82) is 0 Å². The van der Waals surface area contributed by atoms with Gasteiger partial charge in [-0.3, -0.25) is 9.69 Å². The third-order valence-electron chi connectivity index (χ3n) is 3.62. The number of imide groups is 1. The highest BCUT2D eigenvalue weighted by molar-refractivity contribution is 6.07. The van der Waals surface area contributed by atoms with Crippen molar-refractivity contribution in [1.82, 2.24) is 25.5 Å². The fourth-order valence-corrected chi connectivity index (χ4v) is 2.57. The van der Waals surface area contributed by atoms with E-state index >= 15 is 0 Å². The van der Waals surface area contributed by atoms with Gasteiger partial charge in [0.1, 0.15) is 11.4 Å². The second kappa shape index (κ2) is 4.58. The number of urea groups is 1. The first-order valence-electron chi connectivity index (χ1n) is 6.32. The largest absolute Gasteiger partial charge is 0.325 e. The Morgan fingerprint density at radius 3 is 2.58 bits per heavy atom. The summed E-state index contributed by atoms with van der Waals surface area (Å²) in [5.41, 5.74) is -0.725. The van der Waals surface area contributed by atoms with Crippen LogP contribution >= 0.6 is 0 Å². The lowest BCUT2D eigenvalue weighted by Gasteiger charge is -2.30. The van der Waals surface area contributed by atoms with Gasteiger partial charge in [-0.25, -0.2) is 14.8 Å². The van der Waals surface area contributed by atoms with E-state index in [1.165, 1.54) is 4.90 Å². The summed E-state index contributed by atoms with van der Waals surface area (Å²) in [7, 11) is 0. The number of aromatic nitrogens is 2. The molecule has 0 saturated carbocycles. The Bertz CT molecular complexity index is 498. The van der Waals surface area contributed by atoms with Gasteiger partial charge in [0, 0.05) is 12.4 Å². The molecule has 1 spiro atoms. The van der Waals surface area contributed by atoms with Crippen molar-refractivity contribution in [3.05, 3.63) is 24.3 Å². The molecule has 2 saturated heterocycles. The Labute approximate surface area is 110 Å². The highest BCUT2D eigenvalue weighted by Gasteiger charge is 2.51. The zero-order valence-corrected chi connectivity index (χ0v) is 10.4. The standard InChI is InChI=1S/C12H15N5O2/c18-10-12(2-6-13-7-3-12)16-11(19)17(10)8-9-14-4-1-5-15-9/h1,4-5,13H,2-3,6-8H2,(H,16,19). The van der Waals surface area contributed by atoms with Crippen LogP contribution in [0, 0.1) is 0 Å². The lowest BCUT2D eigenvalue weighted by Crippen LogP contribution is -2.53. The van der Waals surface area contributed by atoms with E-state index in [1.807, 2.05) is 0 Å². The van der Waals surface area contributed by atoms with E-state index in [-0.39, 0.29) is 18.5 Å². The van der Waals surface area contributed by atoms with E-state index in [9.17, 15) is 9.59 Å². The maximum absolute atomic E-state index is 12.5. The van der Waals surface area contributed by atoms with Gasteiger partial charge in [-0.2, -0.15) is 0 Å². The van der Waals surface area contributed by atoms with Gasteiger partial charge < -0.3 is 10.6 Å². The molecule has 0 bridgehead atoms. The van der Waals surface area contributed by atoms with Gasteiger partial charge in [-0.1, -0.05) is 0 Å². The summed E-state index contributed by atoms with van der Waals surface area (Å²) in [6.07, 6.45) is 4.45. The molecular formula is C12H15N5O2. The zero-order chi connectivity index (χ0) is 13.3. The molecule has 0 aromatic carbocycles. The maximum atomic E-state index is 12.5. The summed E-state index contributed by atoms with van der Waals surface area (Å²) in [6.45, 7) is 1.60. The van der Waals surface area contributed by atoms with Crippen LogP contribution in [0.2, 0.25) is 0 Å². The van der Waals surface area contributed by atoms with E-state index in [0.29, 0.717) is 18.7 Å². The average Bonchev–Trinajstić information content (AvgIpc) is 2.66. The molecule has 2 aliphatic rings. The van der Waals surface area contributed by atoms with Crippen LogP contribution in [0.4, 0.5) is 4.79 Å². The van der Waals surface area contributed by atoms with Crippen molar-refractivity contribution in [3.8, 4) is 0 Å². The number of nitrogens with zero attached hydrogens (tertiary/aromatic N) is 3. The monoisotopic (exact) mass is 261 g/mol. The summed E-state index contributed by atoms with van der Waals surface area (Å²) in [4.78, 5) is 33.7. The predicted octanol–water partition coefficient (Wildman–Crippen LogP) is -0.349. The number of carbonyl (C=O) groups excluding carboxylic acids is 2. The van der Waals surface area contributed by atoms with Gasteiger partial charge in [0.25, 0.3) is 5.91 Å². The number of hydrogen-bond acceptors (Lipinski definition) is 5. The molecule has 7 heteroatoms. The molecule has 3 amide bonds. The molecule has 2 fully saturated rings. The molecule has 19 heavy (non-hydrogen) atoms. The van der Waals surface area contributed by atoms with Crippen LogP contribution < -0.4 is 10.6 Å². The van der Waals surface area contributed by atoms with Crippen LogP contribution in [0.3, 0.4) is 0 Å². The number of carbonyl (C=O) groups is 2. The molecule has 2 aliphatic heterocycles. The molecule has 7 nitrogen and oxygen atoms in total. The van der Waals surface area contributed by atoms with E-state index in [2.05, 4.69) is 20.6 Å². The number of piperidine rings is 1. The topological polar surface area (TPSA) is 87.2 Å². The number of nitrogens with one attached hydrogen (secondary N) is 2. The van der Waals surface area contributed by atoms with Crippen LogP contribution in [0.15, 0.2) is 18.5 Å². The summed E-state index contributed by atoms with van der Waals surface area (Å²) in [6, 6.07) is 1.35. The minimum atomic E-state index is -0.725. The number of hydrogen-bond donors (Lipinski definition) is 2. The third-order valence-corrected chi connectivity index (χ3v) is 3.62. The van der Waals surface area contributed by atoms with E-state index in [1.54, 1.807) is 18.5 Å². The fourth-order valence-electron chi connectivity index (χ4n) is 2.57. The van der Waals surface area contributed by atoms with Gasteiger partial charge in [-0.15, -0.1) is 0 Å². The van der Waals surface area contributed by atoms with Crippen LogP contribution in [-0.4, -0.2) is 45.4 Å². The Kier molecular flexibility index (Phi) is 2.90. The maximum Gasteiger partial charge on any atom is 0.325 e. The third kappa shape index (κ3) is 2.06. The minimum Gasteiger partial charge on any atom is -0.323 e. The van der Waals surface area contributed by atoms with Crippen LogP contribution in [0.25, 0.3) is 0 Å². The van der Waals surface area contributed by atoms with Crippen molar-refractivity contribution >= 4 is 11.9 Å². The molecular weight excluding hydrogens is 246 g/mol. The first-order chi connectivity index (χ1) is 9.21. The van der Waals surface area contributed by atoms with Gasteiger partial charge in [0.2, 0.25) is 0 Å². The Morgan fingerprint density at radius 1 is 1.21 bits per heavy atom. The van der Waals surface area contributed by atoms with E-state index in [4.69, 9.17) is 0 Å². The Hall–Kier alpha value is -2.02. The highest BCUT2D eigenvalue weighted by atomic mass is 16.2. The zero-order valence-electron chi connectivity index (χ0n) is 10.4. The number of amides is 3. The fraction of sp³-hybridized carbons (Fsp3) is 0.500. The molecule has 1 aromatic heterocycles. The highest BCUT2D eigenvalue weighted by Crippen LogP contribution is 2.27. The summed E-state index contributed by atoms with van der Waals surface area (Å²) < 4.78 is 0. The SMILES string of the molecule is O=C1NC2(CCNCC2)C(=O)N1Cc1ncccn1. The Balaban J connectivity index is 1.79. The second-order valence-corrected chi connectivity index (χ2v) is 4.82. The van der Waals surface area contributed by atoms with Gasteiger partial charge in [-0.05, 0) is 32.0 Å². The van der Waals surface area contributed by atoms with Crippen LogP contribution in [0.5, 0.6) is 0 Å². The normalized spacial score (nSPS) is 21.8. The lowest BCUT2D eigenvalue weighted by atomic mass is 9.88. The molecule has 3 heterocycles.